The third-order valence-electron chi connectivity index (χ3n) is 2.43. The molecule has 0 aliphatic carbocycles. The summed E-state index contributed by atoms with van der Waals surface area (Å²) in [4.78, 5) is 22.1. The smallest absolute Gasteiger partial charge is 0.337 e. The van der Waals surface area contributed by atoms with E-state index in [9.17, 15) is 14.7 Å². The summed E-state index contributed by atoms with van der Waals surface area (Å²) in [5.41, 5.74) is 1.81. The molecular formula is C12H12Br2O4. The quantitative estimate of drug-likeness (QED) is 0.743. The van der Waals surface area contributed by atoms with Crippen LogP contribution in [0.1, 0.15) is 22.8 Å². The average molecular weight is 380 g/mol. The number of halogens is 2. The molecule has 1 aromatic carbocycles. The minimum Gasteiger partial charge on any atom is -0.479 e. The van der Waals surface area contributed by atoms with Crippen molar-refractivity contribution >= 4 is 43.6 Å². The van der Waals surface area contributed by atoms with Crippen LogP contribution in [0.4, 0.5) is 0 Å². The van der Waals surface area contributed by atoms with Crippen LogP contribution in [0.25, 0.3) is 0 Å². The second-order valence-electron chi connectivity index (χ2n) is 3.76. The molecule has 0 heterocycles. The molecule has 18 heavy (non-hydrogen) atoms. The van der Waals surface area contributed by atoms with E-state index in [0.717, 1.165) is 5.56 Å². The summed E-state index contributed by atoms with van der Waals surface area (Å²) in [6.45, 7) is 0. The fourth-order valence-electron chi connectivity index (χ4n) is 1.56. The normalized spacial score (nSPS) is 12.2. The fraction of sp³-hybridized carbons (Fsp3) is 0.333. The van der Waals surface area contributed by atoms with E-state index in [1.807, 2.05) is 0 Å². The van der Waals surface area contributed by atoms with Crippen molar-refractivity contribution in [2.45, 2.75) is 17.9 Å². The SMILES string of the molecule is O=C(CBr)Cc1ccc(C(O)C(=O)O)c(CBr)c1. The standard InChI is InChI=1S/C12H12Br2O4/c13-5-8-3-7(4-9(15)6-14)1-2-10(8)11(16)12(17)18/h1-3,11,16H,4-6H2,(H,17,18). The topological polar surface area (TPSA) is 74.6 Å². The van der Waals surface area contributed by atoms with Crippen LogP contribution in [0.2, 0.25) is 0 Å². The molecule has 1 unspecified atom stereocenters. The monoisotopic (exact) mass is 378 g/mol. The van der Waals surface area contributed by atoms with Crippen molar-refractivity contribution in [2.24, 2.45) is 0 Å². The van der Waals surface area contributed by atoms with Gasteiger partial charge in [0.15, 0.2) is 6.10 Å². The number of ketones is 1. The van der Waals surface area contributed by atoms with Gasteiger partial charge >= 0.3 is 5.97 Å². The Morgan fingerprint density at radius 1 is 1.28 bits per heavy atom. The van der Waals surface area contributed by atoms with Gasteiger partial charge < -0.3 is 10.2 Å². The molecule has 6 heteroatoms. The van der Waals surface area contributed by atoms with Crippen LogP contribution in [-0.2, 0) is 21.3 Å². The first-order chi connectivity index (χ1) is 8.49. The molecule has 98 valence electrons. The molecule has 0 aromatic heterocycles. The number of aliphatic hydroxyl groups excluding tert-OH is 1. The van der Waals surface area contributed by atoms with E-state index in [-0.39, 0.29) is 17.5 Å². The zero-order valence-corrected chi connectivity index (χ0v) is 12.6. The minimum absolute atomic E-state index is 0.0436. The number of aliphatic hydroxyl groups is 1. The Balaban J connectivity index is 3.03. The second kappa shape index (κ2) is 7.01. The Bertz CT molecular complexity index is 459. The highest BCUT2D eigenvalue weighted by Gasteiger charge is 2.19. The van der Waals surface area contributed by atoms with Gasteiger partial charge in [-0.15, -0.1) is 0 Å². The number of aliphatic carboxylic acids is 1. The molecule has 0 saturated carbocycles. The molecule has 1 aromatic rings. The highest BCUT2D eigenvalue weighted by molar-refractivity contribution is 9.09. The third kappa shape index (κ3) is 3.90. The van der Waals surface area contributed by atoms with Crippen LogP contribution in [0.3, 0.4) is 0 Å². The molecule has 0 spiro atoms. The van der Waals surface area contributed by atoms with E-state index < -0.39 is 12.1 Å². The van der Waals surface area contributed by atoms with Gasteiger partial charge in [0, 0.05) is 11.8 Å². The molecule has 1 atom stereocenters. The lowest BCUT2D eigenvalue weighted by atomic mass is 9.98. The van der Waals surface area contributed by atoms with Crippen LogP contribution in [0.5, 0.6) is 0 Å². The molecule has 0 saturated heterocycles. The summed E-state index contributed by atoms with van der Waals surface area (Å²) >= 11 is 6.33. The molecule has 2 N–H and O–H groups in total. The summed E-state index contributed by atoms with van der Waals surface area (Å²) in [6, 6.07) is 4.94. The second-order valence-corrected chi connectivity index (χ2v) is 4.88. The number of rotatable bonds is 6. The number of carboxylic acids is 1. The van der Waals surface area contributed by atoms with Crippen molar-refractivity contribution in [3.8, 4) is 0 Å². The van der Waals surface area contributed by atoms with Gasteiger partial charge in [-0.2, -0.15) is 0 Å². The maximum Gasteiger partial charge on any atom is 0.337 e. The van der Waals surface area contributed by atoms with Crippen molar-refractivity contribution in [3.05, 3.63) is 34.9 Å². The largest absolute Gasteiger partial charge is 0.479 e. The minimum atomic E-state index is -1.54. The lowest BCUT2D eigenvalue weighted by Crippen LogP contribution is -2.13. The van der Waals surface area contributed by atoms with Gasteiger partial charge in [-0.25, -0.2) is 4.79 Å². The zero-order valence-electron chi connectivity index (χ0n) is 9.40. The Morgan fingerprint density at radius 2 is 1.94 bits per heavy atom. The first-order valence-electron chi connectivity index (χ1n) is 5.15. The van der Waals surface area contributed by atoms with Gasteiger partial charge in [-0.1, -0.05) is 50.1 Å². The van der Waals surface area contributed by atoms with Gasteiger partial charge in [0.05, 0.1) is 5.33 Å². The van der Waals surface area contributed by atoms with Crippen molar-refractivity contribution in [1.82, 2.24) is 0 Å². The van der Waals surface area contributed by atoms with E-state index in [4.69, 9.17) is 5.11 Å². The van der Waals surface area contributed by atoms with E-state index >= 15 is 0 Å². The molecule has 0 aliphatic rings. The number of hydrogen-bond donors (Lipinski definition) is 2. The predicted molar refractivity (Wildman–Crippen MR) is 74.2 cm³/mol. The summed E-state index contributed by atoms with van der Waals surface area (Å²) in [7, 11) is 0. The third-order valence-corrected chi connectivity index (χ3v) is 3.66. The van der Waals surface area contributed by atoms with Gasteiger partial charge in [0.1, 0.15) is 5.78 Å². The summed E-state index contributed by atoms with van der Waals surface area (Å²) in [5, 5.41) is 19.0. The number of hydrogen-bond acceptors (Lipinski definition) is 3. The Kier molecular flexibility index (Phi) is 5.98. The number of carbonyl (C=O) groups is 2. The number of carboxylic acid groups (broad SMARTS) is 1. The average Bonchev–Trinajstić information content (AvgIpc) is 2.37. The maximum atomic E-state index is 11.3. The van der Waals surface area contributed by atoms with Crippen LogP contribution in [0.15, 0.2) is 18.2 Å². The van der Waals surface area contributed by atoms with E-state index in [1.54, 1.807) is 18.2 Å². The zero-order chi connectivity index (χ0) is 13.7. The number of Topliss-reactive ketones (excluding diaryl/α,β-unsaturated/α-hetero) is 1. The first-order valence-corrected chi connectivity index (χ1v) is 7.40. The first kappa shape index (κ1) is 15.3. The van der Waals surface area contributed by atoms with Crippen LogP contribution in [0, 0.1) is 0 Å². The van der Waals surface area contributed by atoms with Gasteiger partial charge in [0.2, 0.25) is 0 Å². The lowest BCUT2D eigenvalue weighted by molar-refractivity contribution is -0.147. The van der Waals surface area contributed by atoms with E-state index in [0.29, 0.717) is 16.5 Å². The van der Waals surface area contributed by atoms with E-state index in [2.05, 4.69) is 31.9 Å². The maximum absolute atomic E-state index is 11.3. The predicted octanol–water partition coefficient (Wildman–Crippen LogP) is 2.21. The Hall–Kier alpha value is -0.720. The van der Waals surface area contributed by atoms with Crippen LogP contribution < -0.4 is 0 Å². The van der Waals surface area contributed by atoms with Crippen molar-refractivity contribution in [2.75, 3.05) is 5.33 Å². The molecule has 0 aliphatic heterocycles. The highest BCUT2D eigenvalue weighted by Crippen LogP contribution is 2.22. The molecule has 0 radical (unpaired) electrons. The van der Waals surface area contributed by atoms with Crippen LogP contribution in [-0.4, -0.2) is 27.3 Å². The highest BCUT2D eigenvalue weighted by atomic mass is 79.9. The van der Waals surface area contributed by atoms with E-state index in [1.165, 1.54) is 0 Å². The molecule has 4 nitrogen and oxygen atoms in total. The lowest BCUT2D eigenvalue weighted by Gasteiger charge is -2.12. The van der Waals surface area contributed by atoms with Crippen molar-refractivity contribution in [1.29, 1.82) is 0 Å². The van der Waals surface area contributed by atoms with Crippen molar-refractivity contribution in [3.63, 3.8) is 0 Å². The van der Waals surface area contributed by atoms with Gasteiger partial charge in [-0.3, -0.25) is 4.79 Å². The Morgan fingerprint density at radius 3 is 2.44 bits per heavy atom. The van der Waals surface area contributed by atoms with Crippen molar-refractivity contribution < 1.29 is 19.8 Å². The number of alkyl halides is 2. The summed E-state index contributed by atoms with van der Waals surface area (Å²) in [6.07, 6.45) is -1.26. The molecule has 0 amide bonds. The fourth-order valence-corrected chi connectivity index (χ4v) is 2.24. The molecule has 1 rings (SSSR count). The van der Waals surface area contributed by atoms with Gasteiger partial charge in [0.25, 0.3) is 0 Å². The summed E-state index contributed by atoms with van der Waals surface area (Å²) < 4.78 is 0. The number of benzene rings is 1. The molecule has 0 bridgehead atoms. The Labute approximate surface area is 121 Å². The van der Waals surface area contributed by atoms with Crippen LogP contribution >= 0.6 is 31.9 Å². The summed E-state index contributed by atoms with van der Waals surface area (Å²) in [5.74, 6) is -1.25. The molecule has 0 fully saturated rings. The molecular weight excluding hydrogens is 368 g/mol. The van der Waals surface area contributed by atoms with Gasteiger partial charge in [-0.05, 0) is 16.7 Å². The number of carbonyl (C=O) groups excluding carboxylic acids is 1.